The second-order valence-corrected chi connectivity index (χ2v) is 4.33. The van der Waals surface area contributed by atoms with Crippen LogP contribution in [0.4, 0.5) is 0 Å². The number of hydrogen-bond donors (Lipinski definition) is 0. The van der Waals surface area contributed by atoms with Gasteiger partial charge in [-0.15, -0.1) is 6.58 Å². The van der Waals surface area contributed by atoms with Crippen LogP contribution in [0.25, 0.3) is 11.0 Å². The summed E-state index contributed by atoms with van der Waals surface area (Å²) in [6, 6.07) is 7.48. The first-order valence-electron chi connectivity index (χ1n) is 5.90. The Morgan fingerprint density at radius 2 is 2.17 bits per heavy atom. The summed E-state index contributed by atoms with van der Waals surface area (Å²) < 4.78 is 10.7. The van der Waals surface area contributed by atoms with E-state index in [9.17, 15) is 4.79 Å². The smallest absolute Gasteiger partial charge is 0.192 e. The van der Waals surface area contributed by atoms with Gasteiger partial charge in [-0.25, -0.2) is 0 Å². The highest BCUT2D eigenvalue weighted by Gasteiger charge is 2.13. The van der Waals surface area contributed by atoms with E-state index in [-0.39, 0.29) is 12.4 Å². The van der Waals surface area contributed by atoms with Gasteiger partial charge in [0.15, 0.2) is 5.78 Å². The molecule has 0 unspecified atom stereocenters. The first-order chi connectivity index (χ1) is 8.68. The van der Waals surface area contributed by atoms with E-state index in [1.807, 2.05) is 31.2 Å². The Kier molecular flexibility index (Phi) is 3.95. The largest absolute Gasteiger partial charge is 0.464 e. The Balaban J connectivity index is 1.99. The van der Waals surface area contributed by atoms with Gasteiger partial charge in [0.05, 0.1) is 12.2 Å². The van der Waals surface area contributed by atoms with Gasteiger partial charge in [-0.3, -0.25) is 4.79 Å². The highest BCUT2D eigenvalue weighted by atomic mass is 16.5. The van der Waals surface area contributed by atoms with E-state index in [1.165, 1.54) is 6.26 Å². The van der Waals surface area contributed by atoms with Crippen LogP contribution in [0.15, 0.2) is 47.1 Å². The maximum Gasteiger partial charge on any atom is 0.192 e. The van der Waals surface area contributed by atoms with Crippen molar-refractivity contribution >= 4 is 16.8 Å². The predicted molar refractivity (Wildman–Crippen MR) is 70.8 cm³/mol. The number of carbonyl (C=O) groups is 1. The minimum atomic E-state index is -0.0540. The highest BCUT2D eigenvalue weighted by Crippen LogP contribution is 2.21. The molecule has 0 aliphatic rings. The highest BCUT2D eigenvalue weighted by molar-refractivity contribution is 6.07. The van der Waals surface area contributed by atoms with Crippen LogP contribution >= 0.6 is 0 Å². The van der Waals surface area contributed by atoms with Crippen LogP contribution in [-0.2, 0) is 4.74 Å². The molecule has 0 aliphatic heterocycles. The predicted octanol–water partition coefficient (Wildman–Crippen LogP) is 3.60. The second-order valence-electron chi connectivity index (χ2n) is 4.33. The minimum absolute atomic E-state index is 0.0540. The number of ketones is 1. The average molecular weight is 244 g/mol. The number of benzene rings is 1. The van der Waals surface area contributed by atoms with Crippen LogP contribution in [0.2, 0.25) is 0 Å². The molecule has 18 heavy (non-hydrogen) atoms. The number of ether oxygens (including phenoxy) is 1. The van der Waals surface area contributed by atoms with Gasteiger partial charge in [-0.1, -0.05) is 23.8 Å². The van der Waals surface area contributed by atoms with Crippen LogP contribution in [0.5, 0.6) is 0 Å². The SMILES string of the molecule is C=C(C)CCOCC(=O)c1coc2ccccc12. The topological polar surface area (TPSA) is 39.4 Å². The molecule has 1 aromatic heterocycles. The summed E-state index contributed by atoms with van der Waals surface area (Å²) in [6.45, 7) is 6.33. The zero-order chi connectivity index (χ0) is 13.0. The molecular formula is C15H16O3. The first kappa shape index (κ1) is 12.6. The van der Waals surface area contributed by atoms with Crippen LogP contribution in [0.1, 0.15) is 23.7 Å². The number of rotatable bonds is 6. The van der Waals surface area contributed by atoms with Gasteiger partial charge in [0, 0.05) is 5.39 Å². The van der Waals surface area contributed by atoms with Crippen LogP contribution in [0.3, 0.4) is 0 Å². The van der Waals surface area contributed by atoms with Gasteiger partial charge in [-0.2, -0.15) is 0 Å². The van der Waals surface area contributed by atoms with Crippen LogP contribution < -0.4 is 0 Å². The van der Waals surface area contributed by atoms with Crippen molar-refractivity contribution in [3.63, 3.8) is 0 Å². The molecule has 3 heteroatoms. The van der Waals surface area contributed by atoms with Crippen LogP contribution in [-0.4, -0.2) is 19.0 Å². The Morgan fingerprint density at radius 3 is 2.94 bits per heavy atom. The molecule has 2 aromatic rings. The fraction of sp³-hybridized carbons (Fsp3) is 0.267. The van der Waals surface area contributed by atoms with Crippen molar-refractivity contribution in [3.05, 3.63) is 48.2 Å². The third-order valence-electron chi connectivity index (χ3n) is 2.69. The Labute approximate surface area is 106 Å². The van der Waals surface area contributed by atoms with E-state index < -0.39 is 0 Å². The fourth-order valence-corrected chi connectivity index (χ4v) is 1.68. The number of fused-ring (bicyclic) bond motifs is 1. The van der Waals surface area contributed by atoms with Crippen molar-refractivity contribution in [3.8, 4) is 0 Å². The minimum Gasteiger partial charge on any atom is -0.464 e. The average Bonchev–Trinajstić information content (AvgIpc) is 2.78. The van der Waals surface area contributed by atoms with E-state index in [1.54, 1.807) is 0 Å². The Morgan fingerprint density at radius 1 is 1.39 bits per heavy atom. The lowest BCUT2D eigenvalue weighted by Crippen LogP contribution is -2.09. The fourth-order valence-electron chi connectivity index (χ4n) is 1.68. The van der Waals surface area contributed by atoms with Gasteiger partial charge in [0.2, 0.25) is 0 Å². The molecule has 0 spiro atoms. The summed E-state index contributed by atoms with van der Waals surface area (Å²) in [5, 5.41) is 0.839. The maximum atomic E-state index is 12.0. The molecule has 94 valence electrons. The van der Waals surface area contributed by atoms with Crippen molar-refractivity contribution in [2.45, 2.75) is 13.3 Å². The Hall–Kier alpha value is -1.87. The molecule has 0 aliphatic carbocycles. The summed E-state index contributed by atoms with van der Waals surface area (Å²) >= 11 is 0. The van der Waals surface area contributed by atoms with Gasteiger partial charge in [-0.05, 0) is 19.4 Å². The molecule has 0 atom stereocenters. The molecule has 0 saturated carbocycles. The summed E-state index contributed by atoms with van der Waals surface area (Å²) in [7, 11) is 0. The van der Waals surface area contributed by atoms with Gasteiger partial charge in [0.25, 0.3) is 0 Å². The number of para-hydroxylation sites is 1. The van der Waals surface area contributed by atoms with Crippen molar-refractivity contribution < 1.29 is 13.9 Å². The number of hydrogen-bond acceptors (Lipinski definition) is 3. The molecule has 0 N–H and O–H groups in total. The van der Waals surface area contributed by atoms with Gasteiger partial charge < -0.3 is 9.15 Å². The van der Waals surface area contributed by atoms with E-state index >= 15 is 0 Å². The van der Waals surface area contributed by atoms with Gasteiger partial charge in [0.1, 0.15) is 18.5 Å². The third kappa shape index (κ3) is 2.87. The zero-order valence-corrected chi connectivity index (χ0v) is 10.4. The van der Waals surface area contributed by atoms with Crippen molar-refractivity contribution in [2.24, 2.45) is 0 Å². The maximum absolute atomic E-state index is 12.0. The van der Waals surface area contributed by atoms with Gasteiger partial charge >= 0.3 is 0 Å². The van der Waals surface area contributed by atoms with Crippen molar-refractivity contribution in [1.29, 1.82) is 0 Å². The molecule has 0 fully saturated rings. The van der Waals surface area contributed by atoms with E-state index in [2.05, 4.69) is 6.58 Å². The molecule has 1 aromatic carbocycles. The van der Waals surface area contributed by atoms with E-state index in [4.69, 9.17) is 9.15 Å². The monoisotopic (exact) mass is 244 g/mol. The zero-order valence-electron chi connectivity index (χ0n) is 10.4. The van der Waals surface area contributed by atoms with E-state index in [0.29, 0.717) is 12.2 Å². The number of carbonyl (C=O) groups excluding carboxylic acids is 1. The summed E-state index contributed by atoms with van der Waals surface area (Å²) in [4.78, 5) is 12.0. The normalized spacial score (nSPS) is 10.7. The van der Waals surface area contributed by atoms with E-state index in [0.717, 1.165) is 23.0 Å². The lowest BCUT2D eigenvalue weighted by molar-refractivity contribution is 0.0766. The number of Topliss-reactive ketones (excluding diaryl/α,β-unsaturated/α-hetero) is 1. The second kappa shape index (κ2) is 5.65. The molecule has 0 saturated heterocycles. The lowest BCUT2D eigenvalue weighted by Gasteiger charge is -2.02. The molecule has 2 rings (SSSR count). The molecule has 1 heterocycles. The molecule has 0 radical (unpaired) electrons. The van der Waals surface area contributed by atoms with Crippen molar-refractivity contribution in [1.82, 2.24) is 0 Å². The van der Waals surface area contributed by atoms with Crippen LogP contribution in [0, 0.1) is 0 Å². The molecular weight excluding hydrogens is 228 g/mol. The summed E-state index contributed by atoms with van der Waals surface area (Å²) in [5.74, 6) is -0.0540. The summed E-state index contributed by atoms with van der Waals surface area (Å²) in [6.07, 6.45) is 2.27. The molecule has 3 nitrogen and oxygen atoms in total. The third-order valence-corrected chi connectivity index (χ3v) is 2.69. The lowest BCUT2D eigenvalue weighted by atomic mass is 10.1. The molecule has 0 bridgehead atoms. The molecule has 0 amide bonds. The number of furan rings is 1. The van der Waals surface area contributed by atoms with Crippen molar-refractivity contribution in [2.75, 3.05) is 13.2 Å². The first-order valence-corrected chi connectivity index (χ1v) is 5.90. The summed E-state index contributed by atoms with van der Waals surface area (Å²) in [5.41, 5.74) is 2.36. The standard InChI is InChI=1S/C15H16O3/c1-11(2)7-8-17-10-14(16)13-9-18-15-6-4-3-5-12(13)15/h3-6,9H,1,7-8,10H2,2H3. The Bertz CT molecular complexity index is 566. The quantitative estimate of drug-likeness (QED) is 0.443.